The largest absolute Gasteiger partial charge is 0.383 e. The van der Waals surface area contributed by atoms with Gasteiger partial charge in [-0.2, -0.15) is 0 Å². The number of anilines is 2. The van der Waals surface area contributed by atoms with Gasteiger partial charge in [0.2, 0.25) is 5.91 Å². The molecule has 1 saturated heterocycles. The van der Waals surface area contributed by atoms with Crippen molar-refractivity contribution >= 4 is 17.5 Å². The van der Waals surface area contributed by atoms with Gasteiger partial charge in [0, 0.05) is 50.7 Å². The highest BCUT2D eigenvalue weighted by molar-refractivity contribution is 5.80. The minimum absolute atomic E-state index is 0.345. The average Bonchev–Trinajstić information content (AvgIpc) is 2.72. The number of rotatable bonds is 6. The lowest BCUT2D eigenvalue weighted by molar-refractivity contribution is -0.129. The van der Waals surface area contributed by atoms with E-state index in [1.54, 1.807) is 13.1 Å². The zero-order valence-corrected chi connectivity index (χ0v) is 15.0. The molecule has 1 aliphatic rings. The van der Waals surface area contributed by atoms with E-state index in [1.807, 2.05) is 36.5 Å². The van der Waals surface area contributed by atoms with Crippen LogP contribution in [0.4, 0.5) is 11.6 Å². The first-order valence-corrected chi connectivity index (χ1v) is 8.99. The van der Waals surface area contributed by atoms with E-state index < -0.39 is 6.10 Å². The maximum absolute atomic E-state index is 11.8. The molecule has 3 rings (SSSR count). The molecular weight excluding hydrogens is 330 g/mol. The second kappa shape index (κ2) is 8.62. The van der Waals surface area contributed by atoms with Crippen molar-refractivity contribution in [2.24, 2.45) is 0 Å². The number of hydrogen-bond acceptors (Lipinski definition) is 6. The average molecular weight is 355 g/mol. The molecule has 1 amide bonds. The molecule has 1 atom stereocenters. The molecule has 0 radical (unpaired) electrons. The lowest BCUT2D eigenvalue weighted by Crippen LogP contribution is -2.47. The SMILES string of the molecule is CCC(O)C(=O)NCc1cccnc1N1CCN(c2ccccn2)CC1. The van der Waals surface area contributed by atoms with E-state index in [-0.39, 0.29) is 5.91 Å². The fourth-order valence-corrected chi connectivity index (χ4v) is 3.03. The van der Waals surface area contributed by atoms with Crippen molar-refractivity contribution in [1.82, 2.24) is 15.3 Å². The Balaban J connectivity index is 1.63. The Morgan fingerprint density at radius 1 is 1.12 bits per heavy atom. The second-order valence-corrected chi connectivity index (χ2v) is 6.29. The number of aromatic nitrogens is 2. The Morgan fingerprint density at radius 2 is 1.85 bits per heavy atom. The van der Waals surface area contributed by atoms with Gasteiger partial charge in [-0.15, -0.1) is 0 Å². The van der Waals surface area contributed by atoms with Crippen molar-refractivity contribution in [1.29, 1.82) is 0 Å². The minimum Gasteiger partial charge on any atom is -0.383 e. The normalized spacial score (nSPS) is 15.6. The number of aliphatic hydroxyl groups excluding tert-OH is 1. The number of amides is 1. The van der Waals surface area contributed by atoms with Crippen LogP contribution in [0.15, 0.2) is 42.7 Å². The van der Waals surface area contributed by atoms with Crippen LogP contribution in [0.3, 0.4) is 0 Å². The van der Waals surface area contributed by atoms with Gasteiger partial charge in [-0.25, -0.2) is 9.97 Å². The summed E-state index contributed by atoms with van der Waals surface area (Å²) >= 11 is 0. The molecule has 0 saturated carbocycles. The fraction of sp³-hybridized carbons (Fsp3) is 0.421. The number of carbonyl (C=O) groups is 1. The summed E-state index contributed by atoms with van der Waals surface area (Å²) in [5.41, 5.74) is 0.954. The summed E-state index contributed by atoms with van der Waals surface area (Å²) in [6.45, 7) is 5.56. The standard InChI is InChI=1S/C19H25N5O2/c1-2-16(25)19(26)22-14-15-6-5-9-21-18(15)24-12-10-23(11-13-24)17-7-3-4-8-20-17/h3-9,16,25H,2,10-14H2,1H3,(H,22,26). The van der Waals surface area contributed by atoms with E-state index in [4.69, 9.17) is 0 Å². The van der Waals surface area contributed by atoms with Gasteiger partial charge in [0.15, 0.2) is 0 Å². The molecule has 2 aromatic heterocycles. The van der Waals surface area contributed by atoms with Crippen molar-refractivity contribution < 1.29 is 9.90 Å². The number of nitrogens with zero attached hydrogens (tertiary/aromatic N) is 4. The molecule has 0 aliphatic carbocycles. The zero-order chi connectivity index (χ0) is 18.4. The molecule has 0 aromatic carbocycles. The first kappa shape index (κ1) is 18.1. The smallest absolute Gasteiger partial charge is 0.249 e. The van der Waals surface area contributed by atoms with Crippen molar-refractivity contribution in [3.8, 4) is 0 Å². The molecule has 2 aromatic rings. The van der Waals surface area contributed by atoms with Gasteiger partial charge in [-0.1, -0.05) is 19.1 Å². The molecule has 1 unspecified atom stereocenters. The predicted octanol–water partition coefficient (Wildman–Crippen LogP) is 1.19. The quantitative estimate of drug-likeness (QED) is 0.810. The van der Waals surface area contributed by atoms with Crippen molar-refractivity contribution in [2.75, 3.05) is 36.0 Å². The lowest BCUT2D eigenvalue weighted by Gasteiger charge is -2.36. The third kappa shape index (κ3) is 4.29. The van der Waals surface area contributed by atoms with Crippen LogP contribution in [0.25, 0.3) is 0 Å². The predicted molar refractivity (Wildman–Crippen MR) is 101 cm³/mol. The Kier molecular flexibility index (Phi) is 6.01. The Hall–Kier alpha value is -2.67. The molecule has 3 heterocycles. The maximum Gasteiger partial charge on any atom is 0.249 e. The van der Waals surface area contributed by atoms with Gasteiger partial charge in [0.25, 0.3) is 0 Å². The summed E-state index contributed by atoms with van der Waals surface area (Å²) in [6.07, 6.45) is 3.02. The summed E-state index contributed by atoms with van der Waals surface area (Å²) in [5, 5.41) is 12.4. The molecule has 138 valence electrons. The Morgan fingerprint density at radius 3 is 2.54 bits per heavy atom. The molecule has 7 nitrogen and oxygen atoms in total. The van der Waals surface area contributed by atoms with E-state index in [9.17, 15) is 9.90 Å². The minimum atomic E-state index is -0.961. The van der Waals surface area contributed by atoms with Crippen molar-refractivity contribution in [2.45, 2.75) is 26.0 Å². The Labute approximate surface area is 153 Å². The Bertz CT molecular complexity index is 717. The molecule has 2 N–H and O–H groups in total. The monoisotopic (exact) mass is 355 g/mol. The zero-order valence-electron chi connectivity index (χ0n) is 15.0. The van der Waals surface area contributed by atoms with E-state index in [0.29, 0.717) is 13.0 Å². The van der Waals surface area contributed by atoms with Crippen LogP contribution in [0.5, 0.6) is 0 Å². The van der Waals surface area contributed by atoms with Crippen LogP contribution in [0, 0.1) is 0 Å². The number of hydrogen-bond donors (Lipinski definition) is 2. The van der Waals surface area contributed by atoms with Crippen LogP contribution in [-0.4, -0.2) is 53.3 Å². The van der Waals surface area contributed by atoms with Crippen molar-refractivity contribution in [3.63, 3.8) is 0 Å². The molecule has 1 aliphatic heterocycles. The highest BCUT2D eigenvalue weighted by Crippen LogP contribution is 2.20. The topological polar surface area (TPSA) is 81.6 Å². The number of nitrogens with one attached hydrogen (secondary N) is 1. The van der Waals surface area contributed by atoms with Gasteiger partial charge < -0.3 is 20.2 Å². The highest BCUT2D eigenvalue weighted by Gasteiger charge is 2.21. The second-order valence-electron chi connectivity index (χ2n) is 6.29. The summed E-state index contributed by atoms with van der Waals surface area (Å²) < 4.78 is 0. The molecule has 0 spiro atoms. The van der Waals surface area contributed by atoms with Crippen LogP contribution < -0.4 is 15.1 Å². The molecule has 0 bridgehead atoms. The third-order valence-electron chi connectivity index (χ3n) is 4.56. The first-order chi connectivity index (χ1) is 12.7. The molecule has 26 heavy (non-hydrogen) atoms. The fourth-order valence-electron chi connectivity index (χ4n) is 3.03. The summed E-state index contributed by atoms with van der Waals surface area (Å²) in [7, 11) is 0. The summed E-state index contributed by atoms with van der Waals surface area (Å²) in [6, 6.07) is 9.77. The van der Waals surface area contributed by atoms with E-state index in [1.165, 1.54) is 0 Å². The van der Waals surface area contributed by atoms with Crippen LogP contribution in [0.2, 0.25) is 0 Å². The van der Waals surface area contributed by atoms with Gasteiger partial charge in [0.1, 0.15) is 17.7 Å². The maximum atomic E-state index is 11.8. The van der Waals surface area contributed by atoms with E-state index >= 15 is 0 Å². The number of carbonyl (C=O) groups excluding carboxylic acids is 1. The van der Waals surface area contributed by atoms with E-state index in [0.717, 1.165) is 43.4 Å². The first-order valence-electron chi connectivity index (χ1n) is 8.99. The number of piperazine rings is 1. The number of pyridine rings is 2. The van der Waals surface area contributed by atoms with Crippen molar-refractivity contribution in [3.05, 3.63) is 48.3 Å². The third-order valence-corrected chi connectivity index (χ3v) is 4.56. The van der Waals surface area contributed by atoms with Crippen LogP contribution in [0.1, 0.15) is 18.9 Å². The van der Waals surface area contributed by atoms with Gasteiger partial charge in [0.05, 0.1) is 0 Å². The van der Waals surface area contributed by atoms with Crippen LogP contribution >= 0.6 is 0 Å². The van der Waals surface area contributed by atoms with E-state index in [2.05, 4.69) is 25.1 Å². The molecular formula is C19H25N5O2. The number of aliphatic hydroxyl groups is 1. The highest BCUT2D eigenvalue weighted by atomic mass is 16.3. The van der Waals surface area contributed by atoms with Crippen LogP contribution in [-0.2, 0) is 11.3 Å². The van der Waals surface area contributed by atoms with Gasteiger partial charge in [-0.3, -0.25) is 4.79 Å². The van der Waals surface area contributed by atoms with Gasteiger partial charge >= 0.3 is 0 Å². The van der Waals surface area contributed by atoms with Gasteiger partial charge in [-0.05, 0) is 24.6 Å². The summed E-state index contributed by atoms with van der Waals surface area (Å²) in [4.78, 5) is 25.3. The molecule has 1 fully saturated rings. The summed E-state index contributed by atoms with van der Waals surface area (Å²) in [5.74, 6) is 1.54. The molecule has 7 heteroatoms. The lowest BCUT2D eigenvalue weighted by atomic mass is 10.2.